The lowest BCUT2D eigenvalue weighted by atomic mass is 9.50. The maximum atomic E-state index is 6.76. The highest BCUT2D eigenvalue weighted by molar-refractivity contribution is 6.31. The minimum absolute atomic E-state index is 0.0169. The highest BCUT2D eigenvalue weighted by Gasteiger charge is 2.65. The molecule has 4 fully saturated rings. The molecule has 4 saturated carbocycles. The van der Waals surface area contributed by atoms with Gasteiger partial charge < -0.3 is 0 Å². The summed E-state index contributed by atoms with van der Waals surface area (Å²) >= 11 is 19.9. The van der Waals surface area contributed by atoms with Crippen molar-refractivity contribution in [1.29, 1.82) is 0 Å². The van der Waals surface area contributed by atoms with Crippen molar-refractivity contribution in [1.82, 2.24) is 0 Å². The van der Waals surface area contributed by atoms with Crippen molar-refractivity contribution in [3.05, 3.63) is 140 Å². The lowest BCUT2D eigenvalue weighted by Crippen LogP contribution is -2.50. The fraction of sp³-hybridized carbons (Fsp3) is 0.538. The van der Waals surface area contributed by atoms with E-state index in [1.165, 1.54) is 68.1 Å². The fourth-order valence-electron chi connectivity index (χ4n) is 13.7. The zero-order valence-corrected chi connectivity index (χ0v) is 36.4. The van der Waals surface area contributed by atoms with Crippen molar-refractivity contribution in [2.24, 2.45) is 58.2 Å². The number of hydrogen-bond donors (Lipinski definition) is 0. The standard InChI is InChI=1S/C52H63Cl3/c1-50(2,3)47-30-43-44-31-48(51(4,5)6)42(35-18-24-39(54)25-19-35)29-46(44)49(45(43)28-41(47)34-16-22-38(53)23-17-34)52(36-14-10-11-15-36,32-33-12-8-7-9-13-33)37-20-26-40(55)27-21-37/h7-9,12-13,16-27,36,41-49H,10-11,14-15,28-32H2,1-6H3. The lowest BCUT2D eigenvalue weighted by molar-refractivity contribution is 0.0294. The van der Waals surface area contributed by atoms with Gasteiger partial charge in [-0.25, -0.2) is 0 Å². The second-order valence-electron chi connectivity index (χ2n) is 20.6. The number of halogens is 3. The normalized spacial score (nSPS) is 31.1. The Morgan fingerprint density at radius 1 is 0.491 bits per heavy atom. The van der Waals surface area contributed by atoms with Gasteiger partial charge in [0.05, 0.1) is 0 Å². The molecule has 9 atom stereocenters. The highest BCUT2D eigenvalue weighted by atomic mass is 35.5. The van der Waals surface area contributed by atoms with E-state index in [9.17, 15) is 0 Å². The predicted octanol–water partition coefficient (Wildman–Crippen LogP) is 15.9. The fourth-order valence-corrected chi connectivity index (χ4v) is 14.1. The van der Waals surface area contributed by atoms with E-state index in [-0.39, 0.29) is 16.2 Å². The summed E-state index contributed by atoms with van der Waals surface area (Å²) in [5.41, 5.74) is 6.43. The first-order valence-corrected chi connectivity index (χ1v) is 22.7. The second kappa shape index (κ2) is 15.5. The second-order valence-corrected chi connectivity index (χ2v) is 21.9. The predicted molar refractivity (Wildman–Crippen MR) is 235 cm³/mol. The molecule has 0 heterocycles. The van der Waals surface area contributed by atoms with Crippen LogP contribution in [0.4, 0.5) is 0 Å². The van der Waals surface area contributed by atoms with Gasteiger partial charge in [0.1, 0.15) is 0 Å². The Labute approximate surface area is 348 Å². The molecule has 0 aromatic heterocycles. The quantitative estimate of drug-likeness (QED) is 0.175. The van der Waals surface area contributed by atoms with E-state index in [0.717, 1.165) is 21.5 Å². The first-order chi connectivity index (χ1) is 26.2. The van der Waals surface area contributed by atoms with Crippen LogP contribution in [0, 0.1) is 58.2 Å². The minimum atomic E-state index is 0.0169. The monoisotopic (exact) mass is 792 g/mol. The van der Waals surface area contributed by atoms with Crippen LogP contribution in [0.25, 0.3) is 0 Å². The topological polar surface area (TPSA) is 0 Å². The van der Waals surface area contributed by atoms with Crippen LogP contribution in [-0.2, 0) is 11.8 Å². The van der Waals surface area contributed by atoms with Crippen LogP contribution < -0.4 is 0 Å². The molecular formula is C52H63Cl3. The Morgan fingerprint density at radius 3 is 1.33 bits per heavy atom. The third-order valence-electron chi connectivity index (χ3n) is 15.9. The molecule has 0 saturated heterocycles. The largest absolute Gasteiger partial charge is 0.0843 e. The molecule has 3 heteroatoms. The molecular weight excluding hydrogens is 731 g/mol. The van der Waals surface area contributed by atoms with Gasteiger partial charge in [0.25, 0.3) is 0 Å². The van der Waals surface area contributed by atoms with E-state index in [2.05, 4.69) is 145 Å². The molecule has 4 aliphatic carbocycles. The van der Waals surface area contributed by atoms with E-state index in [1.807, 2.05) is 0 Å². The van der Waals surface area contributed by atoms with Crippen LogP contribution in [0.5, 0.6) is 0 Å². The average molecular weight is 794 g/mol. The molecule has 292 valence electrons. The van der Waals surface area contributed by atoms with Gasteiger partial charge in [0, 0.05) is 20.5 Å². The van der Waals surface area contributed by atoms with Gasteiger partial charge in [-0.15, -0.1) is 0 Å². The number of hydrogen-bond acceptors (Lipinski definition) is 0. The van der Waals surface area contributed by atoms with Gasteiger partial charge in [-0.1, -0.05) is 156 Å². The van der Waals surface area contributed by atoms with E-state index in [0.29, 0.717) is 59.2 Å². The van der Waals surface area contributed by atoms with Crippen LogP contribution >= 0.6 is 34.8 Å². The van der Waals surface area contributed by atoms with Crippen molar-refractivity contribution < 1.29 is 0 Å². The van der Waals surface area contributed by atoms with Gasteiger partial charge in [0.2, 0.25) is 0 Å². The maximum absolute atomic E-state index is 6.76. The summed E-state index contributed by atoms with van der Waals surface area (Å²) in [7, 11) is 0. The zero-order valence-electron chi connectivity index (χ0n) is 34.1. The summed E-state index contributed by atoms with van der Waals surface area (Å²) < 4.78 is 0. The summed E-state index contributed by atoms with van der Waals surface area (Å²) in [6.07, 6.45) is 11.5. The SMILES string of the molecule is CC(C)(C)C1CC2C3CC(C(C)(C)C)C(c4ccc(Cl)cc4)CC3C(C(Cc3ccccc3)(c3ccc(Cl)cc3)C3CCCC3)C2CC1c1ccc(Cl)cc1. The van der Waals surface area contributed by atoms with Crippen LogP contribution in [-0.4, -0.2) is 0 Å². The van der Waals surface area contributed by atoms with Crippen molar-refractivity contribution in [3.8, 4) is 0 Å². The first kappa shape index (κ1) is 39.6. The minimum Gasteiger partial charge on any atom is -0.0843 e. The first-order valence-electron chi connectivity index (χ1n) is 21.5. The molecule has 0 nitrogen and oxygen atoms in total. The van der Waals surface area contributed by atoms with Crippen LogP contribution in [0.15, 0.2) is 103 Å². The maximum Gasteiger partial charge on any atom is 0.0406 e. The molecule has 4 aliphatic rings. The Kier molecular flexibility index (Phi) is 11.1. The summed E-state index contributed by atoms with van der Waals surface area (Å²) in [5, 5.41) is 2.51. The zero-order chi connectivity index (χ0) is 38.7. The number of fused-ring (bicyclic) bond motifs is 3. The summed E-state index contributed by atoms with van der Waals surface area (Å²) in [5.74, 6) is 6.15. The third kappa shape index (κ3) is 7.61. The van der Waals surface area contributed by atoms with Crippen LogP contribution in [0.1, 0.15) is 127 Å². The van der Waals surface area contributed by atoms with Crippen molar-refractivity contribution in [2.75, 3.05) is 0 Å². The van der Waals surface area contributed by atoms with Crippen molar-refractivity contribution in [3.63, 3.8) is 0 Å². The van der Waals surface area contributed by atoms with Gasteiger partial charge in [-0.2, -0.15) is 0 Å². The average Bonchev–Trinajstić information content (AvgIpc) is 3.81. The Morgan fingerprint density at radius 2 is 0.909 bits per heavy atom. The van der Waals surface area contributed by atoms with E-state index >= 15 is 0 Å². The molecule has 0 radical (unpaired) electrons. The Hall–Kier alpha value is -2.25. The Bertz CT molecular complexity index is 1790. The van der Waals surface area contributed by atoms with Crippen LogP contribution in [0.2, 0.25) is 15.1 Å². The van der Waals surface area contributed by atoms with Gasteiger partial charge in [0.15, 0.2) is 0 Å². The summed E-state index contributed by atoms with van der Waals surface area (Å²) in [4.78, 5) is 0. The van der Waals surface area contributed by atoms with Crippen molar-refractivity contribution >= 4 is 34.8 Å². The number of benzene rings is 4. The van der Waals surface area contributed by atoms with E-state index < -0.39 is 0 Å². The van der Waals surface area contributed by atoms with Gasteiger partial charge >= 0.3 is 0 Å². The van der Waals surface area contributed by atoms with E-state index in [1.54, 1.807) is 5.56 Å². The van der Waals surface area contributed by atoms with E-state index in [4.69, 9.17) is 34.8 Å². The summed E-state index contributed by atoms with van der Waals surface area (Å²) in [6, 6.07) is 38.9. The molecule has 0 N–H and O–H groups in total. The molecule has 4 aromatic carbocycles. The highest BCUT2D eigenvalue weighted by Crippen LogP contribution is 2.71. The van der Waals surface area contributed by atoms with Gasteiger partial charge in [-0.05, 0) is 174 Å². The molecule has 8 rings (SSSR count). The molecule has 4 aromatic rings. The lowest BCUT2D eigenvalue weighted by Gasteiger charge is -2.54. The summed E-state index contributed by atoms with van der Waals surface area (Å²) in [6.45, 7) is 15.1. The third-order valence-corrected chi connectivity index (χ3v) is 16.6. The molecule has 0 aliphatic heterocycles. The number of rotatable bonds is 7. The Balaban J connectivity index is 1.36. The van der Waals surface area contributed by atoms with Crippen LogP contribution in [0.3, 0.4) is 0 Å². The molecule has 0 bridgehead atoms. The molecule has 0 amide bonds. The smallest absolute Gasteiger partial charge is 0.0406 e. The van der Waals surface area contributed by atoms with Crippen molar-refractivity contribution in [2.45, 2.75) is 117 Å². The molecule has 9 unspecified atom stereocenters. The molecule has 55 heavy (non-hydrogen) atoms. The molecule has 0 spiro atoms. The van der Waals surface area contributed by atoms with Gasteiger partial charge in [-0.3, -0.25) is 0 Å².